The van der Waals surface area contributed by atoms with Gasteiger partial charge in [-0.05, 0) is 86.9 Å². The van der Waals surface area contributed by atoms with E-state index in [9.17, 15) is 24.3 Å². The van der Waals surface area contributed by atoms with Crippen molar-refractivity contribution >= 4 is 61.9 Å². The zero-order chi connectivity index (χ0) is 36.8. The van der Waals surface area contributed by atoms with Gasteiger partial charge in [-0.1, -0.05) is 18.2 Å². The van der Waals surface area contributed by atoms with E-state index in [0.717, 1.165) is 56.6 Å². The smallest absolute Gasteiger partial charge is 0.411 e. The van der Waals surface area contributed by atoms with Gasteiger partial charge in [-0.15, -0.1) is 0 Å². The van der Waals surface area contributed by atoms with E-state index in [-0.39, 0.29) is 36.8 Å². The molecular weight excluding hydrogens is 802 g/mol. The van der Waals surface area contributed by atoms with Crippen LogP contribution in [0.25, 0.3) is 0 Å². The molecule has 4 aliphatic heterocycles. The molecule has 2 atom stereocenters. The van der Waals surface area contributed by atoms with Gasteiger partial charge in [0.25, 0.3) is 5.91 Å². The average molecular weight is 850 g/mol. The molecule has 2 aromatic rings. The summed E-state index contributed by atoms with van der Waals surface area (Å²) in [4.78, 5) is 67.6. The Morgan fingerprint density at radius 1 is 1.00 bits per heavy atom. The molecule has 3 fully saturated rings. The highest BCUT2D eigenvalue weighted by Gasteiger charge is 2.52. The van der Waals surface area contributed by atoms with Crippen LogP contribution in [-0.2, 0) is 32.2 Å². The number of benzene rings is 2. The zero-order valence-electron chi connectivity index (χ0n) is 29.4. The number of hydrogen-bond donors (Lipinski definition) is 3. The summed E-state index contributed by atoms with van der Waals surface area (Å²) in [6.45, 7) is 5.54. The lowest BCUT2D eigenvalue weighted by atomic mass is 9.85. The van der Waals surface area contributed by atoms with E-state index in [1.165, 1.54) is 7.11 Å². The Hall–Kier alpha value is -3.28. The van der Waals surface area contributed by atoms with Crippen molar-refractivity contribution in [3.63, 3.8) is 0 Å². The van der Waals surface area contributed by atoms with E-state index >= 15 is 0 Å². The number of hydroxylamine groups is 1. The summed E-state index contributed by atoms with van der Waals surface area (Å²) in [6.07, 6.45) is 3.96. The number of carbonyl (C=O) groups is 4. The first kappa shape index (κ1) is 38.4. The number of fused-ring (bicyclic) bond motifs is 1. The van der Waals surface area contributed by atoms with Gasteiger partial charge in [0.05, 0.1) is 22.6 Å². The van der Waals surface area contributed by atoms with Gasteiger partial charge < -0.3 is 24.9 Å². The molecule has 0 saturated carbocycles. The first-order chi connectivity index (χ1) is 25.1. The Kier molecular flexibility index (Phi) is 12.7. The number of ether oxygens (including phenoxy) is 1. The molecule has 4 heterocycles. The van der Waals surface area contributed by atoms with Crippen LogP contribution < -0.4 is 10.8 Å². The molecule has 2 aromatic carbocycles. The fraction of sp³-hybridized carbons (Fsp3) is 0.556. The van der Waals surface area contributed by atoms with Crippen LogP contribution in [0.1, 0.15) is 43.2 Å². The highest BCUT2D eigenvalue weighted by atomic mass is 79.9. The fourth-order valence-electron chi connectivity index (χ4n) is 8.32. The third kappa shape index (κ3) is 8.57. The molecule has 0 bridgehead atoms. The number of halogens is 2. The number of aldehydes is 1. The summed E-state index contributed by atoms with van der Waals surface area (Å²) < 4.78 is 6.87. The zero-order valence-corrected chi connectivity index (χ0v) is 32.6. The number of aromatic hydroxyl groups is 1. The molecule has 0 aromatic heterocycles. The summed E-state index contributed by atoms with van der Waals surface area (Å²) in [7, 11) is 1.43. The third-order valence-corrected chi connectivity index (χ3v) is 12.2. The van der Waals surface area contributed by atoms with Crippen LogP contribution in [0.2, 0.25) is 0 Å². The van der Waals surface area contributed by atoms with Crippen LogP contribution in [0, 0.1) is 0 Å². The highest BCUT2D eigenvalue weighted by Crippen LogP contribution is 2.39. The number of phenolic OH excluding ortho intramolecular Hbond substituents is 1. The van der Waals surface area contributed by atoms with Crippen molar-refractivity contribution < 1.29 is 33.9 Å². The molecule has 14 nitrogen and oxygen atoms in total. The van der Waals surface area contributed by atoms with Crippen LogP contribution in [0.3, 0.4) is 0 Å². The number of piperidine rings is 2. The Morgan fingerprint density at radius 2 is 1.69 bits per heavy atom. The first-order valence-electron chi connectivity index (χ1n) is 17.9. The lowest BCUT2D eigenvalue weighted by Crippen LogP contribution is -2.71. The average Bonchev–Trinajstić information content (AvgIpc) is 3.31. The van der Waals surface area contributed by atoms with Crippen molar-refractivity contribution in [2.24, 2.45) is 0 Å². The number of phenols is 1. The first-order valence-corrected chi connectivity index (χ1v) is 19.4. The van der Waals surface area contributed by atoms with Crippen LogP contribution in [0.5, 0.6) is 5.75 Å². The summed E-state index contributed by atoms with van der Waals surface area (Å²) >= 11 is 6.69. The number of amides is 4. The number of rotatable bonds is 10. The number of para-hydroxylation sites is 1. The summed E-state index contributed by atoms with van der Waals surface area (Å²) in [5.74, 6) is -0.100. The van der Waals surface area contributed by atoms with Crippen molar-refractivity contribution in [3.05, 3.63) is 56.5 Å². The standard InChI is InChI=1S/C36H47Br2N7O7/c1-51-40-32(47)23-41-11-7-27(8-12-41)42-15-17-43(18-16-42)36(10-19-46)22-28(44-13-6-26-4-2-3-5-31(26)39-34(44)49)9-14-45(36)35(50)52-24-25-20-29(37)33(48)30(38)21-25/h2-5,19-21,27-28,48H,6-18,22-24H2,1H3,(H,39,49)(H,40,47)/t28-,36+/m1/s1. The minimum atomic E-state index is -0.999. The van der Waals surface area contributed by atoms with Gasteiger partial charge in [0, 0.05) is 83.0 Å². The number of urea groups is 1. The molecule has 3 saturated heterocycles. The van der Waals surface area contributed by atoms with Crippen LogP contribution in [0.15, 0.2) is 45.3 Å². The molecule has 6 rings (SSSR count). The van der Waals surface area contributed by atoms with E-state index < -0.39 is 11.8 Å². The van der Waals surface area contributed by atoms with Gasteiger partial charge in [0.1, 0.15) is 24.3 Å². The summed E-state index contributed by atoms with van der Waals surface area (Å²) in [5.41, 5.74) is 3.95. The molecule has 0 unspecified atom stereocenters. The number of piperazine rings is 1. The number of anilines is 1. The summed E-state index contributed by atoms with van der Waals surface area (Å²) in [6, 6.07) is 11.2. The Labute approximate surface area is 320 Å². The van der Waals surface area contributed by atoms with Crippen molar-refractivity contribution in [2.75, 3.05) is 71.3 Å². The Bertz CT molecular complexity index is 1600. The number of likely N-dealkylation sites (tertiary alicyclic amines) is 2. The number of nitrogens with one attached hydrogen (secondary N) is 2. The van der Waals surface area contributed by atoms with E-state index in [4.69, 9.17) is 9.57 Å². The topological polar surface area (TPSA) is 147 Å². The molecular formula is C36H47Br2N7O7. The van der Waals surface area contributed by atoms with Gasteiger partial charge in [-0.2, -0.15) is 0 Å². The van der Waals surface area contributed by atoms with Gasteiger partial charge in [0.2, 0.25) is 0 Å². The maximum Gasteiger partial charge on any atom is 0.411 e. The highest BCUT2D eigenvalue weighted by molar-refractivity contribution is 9.11. The minimum absolute atomic E-state index is 0.0280. The minimum Gasteiger partial charge on any atom is -0.506 e. The van der Waals surface area contributed by atoms with Gasteiger partial charge >= 0.3 is 12.1 Å². The summed E-state index contributed by atoms with van der Waals surface area (Å²) in [5, 5.41) is 13.3. The van der Waals surface area contributed by atoms with Crippen LogP contribution in [0.4, 0.5) is 15.3 Å². The predicted octanol–water partition coefficient (Wildman–Crippen LogP) is 4.15. The van der Waals surface area contributed by atoms with Gasteiger partial charge in [0.15, 0.2) is 0 Å². The molecule has 0 aliphatic carbocycles. The second-order valence-corrected chi connectivity index (χ2v) is 15.6. The third-order valence-electron chi connectivity index (χ3n) is 11.0. The quantitative estimate of drug-likeness (QED) is 0.236. The second-order valence-electron chi connectivity index (χ2n) is 13.9. The fourth-order valence-corrected chi connectivity index (χ4v) is 9.60. The molecule has 0 radical (unpaired) electrons. The SMILES string of the molecule is CONC(=O)CN1CCC(N2CCN([C@]3(CC=O)C[C@H](N4CCc5ccccc5NC4=O)CCN3C(=O)OCc3cc(Br)c(O)c(Br)c3)CC2)CC1. The van der Waals surface area contributed by atoms with Crippen LogP contribution in [-0.4, -0.2) is 138 Å². The van der Waals surface area contributed by atoms with Crippen molar-refractivity contribution in [1.82, 2.24) is 30.0 Å². The molecule has 4 aliphatic rings. The van der Waals surface area contributed by atoms with E-state index in [0.29, 0.717) is 72.5 Å². The maximum absolute atomic E-state index is 14.1. The maximum atomic E-state index is 14.1. The second kappa shape index (κ2) is 17.2. The molecule has 52 heavy (non-hydrogen) atoms. The largest absolute Gasteiger partial charge is 0.506 e. The number of carbonyl (C=O) groups excluding carboxylic acids is 4. The molecule has 16 heteroatoms. The van der Waals surface area contributed by atoms with Crippen molar-refractivity contribution in [2.45, 2.75) is 62.9 Å². The van der Waals surface area contributed by atoms with Gasteiger partial charge in [-0.25, -0.2) is 15.1 Å². The van der Waals surface area contributed by atoms with E-state index in [2.05, 4.69) is 57.4 Å². The molecule has 4 amide bonds. The molecule has 3 N–H and O–H groups in total. The Morgan fingerprint density at radius 3 is 2.38 bits per heavy atom. The Balaban J connectivity index is 1.19. The van der Waals surface area contributed by atoms with Crippen LogP contribution >= 0.6 is 31.9 Å². The normalized spacial score (nSPS) is 23.8. The predicted molar refractivity (Wildman–Crippen MR) is 200 cm³/mol. The van der Waals surface area contributed by atoms with Gasteiger partial charge in [-0.3, -0.25) is 29.2 Å². The van der Waals surface area contributed by atoms with E-state index in [1.54, 1.807) is 17.0 Å². The molecule has 0 spiro atoms. The van der Waals surface area contributed by atoms with Crippen molar-refractivity contribution in [3.8, 4) is 5.75 Å². The number of hydrogen-bond acceptors (Lipinski definition) is 10. The lowest BCUT2D eigenvalue weighted by Gasteiger charge is -2.57. The molecule has 282 valence electrons. The number of nitrogens with zero attached hydrogens (tertiary/aromatic N) is 5. The lowest BCUT2D eigenvalue weighted by molar-refractivity contribution is -0.133. The van der Waals surface area contributed by atoms with E-state index in [1.807, 2.05) is 29.2 Å². The van der Waals surface area contributed by atoms with Crippen molar-refractivity contribution in [1.29, 1.82) is 0 Å². The monoisotopic (exact) mass is 847 g/mol.